The minimum atomic E-state index is 0.256. The SMILES string of the molecule is N#CCc1nc(-c2ccc(Br)cc2)sc1Cl. The monoisotopic (exact) mass is 312 g/mol. The van der Waals surface area contributed by atoms with E-state index in [1.165, 1.54) is 11.3 Å². The van der Waals surface area contributed by atoms with Gasteiger partial charge >= 0.3 is 0 Å². The second kappa shape index (κ2) is 4.96. The van der Waals surface area contributed by atoms with Crippen molar-refractivity contribution in [2.45, 2.75) is 6.42 Å². The van der Waals surface area contributed by atoms with E-state index in [-0.39, 0.29) is 6.42 Å². The molecule has 0 aliphatic rings. The highest BCUT2D eigenvalue weighted by Gasteiger charge is 2.10. The van der Waals surface area contributed by atoms with Gasteiger partial charge in [0.05, 0.1) is 18.2 Å². The smallest absolute Gasteiger partial charge is 0.125 e. The molecule has 80 valence electrons. The summed E-state index contributed by atoms with van der Waals surface area (Å²) in [5.74, 6) is 0. The lowest BCUT2D eigenvalue weighted by atomic mass is 10.2. The van der Waals surface area contributed by atoms with Crippen molar-refractivity contribution >= 4 is 38.9 Å². The van der Waals surface area contributed by atoms with E-state index < -0.39 is 0 Å². The number of rotatable bonds is 2. The van der Waals surface area contributed by atoms with E-state index >= 15 is 0 Å². The molecule has 0 radical (unpaired) electrons. The van der Waals surface area contributed by atoms with Gasteiger partial charge in [-0.25, -0.2) is 4.98 Å². The normalized spacial score (nSPS) is 10.1. The topological polar surface area (TPSA) is 36.7 Å². The number of hydrogen-bond donors (Lipinski definition) is 0. The Hall–Kier alpha value is -0.890. The molecule has 2 aromatic rings. The van der Waals surface area contributed by atoms with Gasteiger partial charge in [0.2, 0.25) is 0 Å². The number of halogens is 2. The van der Waals surface area contributed by atoms with E-state index in [4.69, 9.17) is 16.9 Å². The summed E-state index contributed by atoms with van der Waals surface area (Å²) in [6, 6.07) is 9.89. The van der Waals surface area contributed by atoms with Crippen LogP contribution in [-0.4, -0.2) is 4.98 Å². The second-order valence-electron chi connectivity index (χ2n) is 3.08. The zero-order chi connectivity index (χ0) is 11.5. The molecule has 1 aromatic heterocycles. The highest BCUT2D eigenvalue weighted by molar-refractivity contribution is 9.10. The molecule has 0 fully saturated rings. The van der Waals surface area contributed by atoms with Gasteiger partial charge in [0.15, 0.2) is 0 Å². The van der Waals surface area contributed by atoms with Crippen molar-refractivity contribution in [2.75, 3.05) is 0 Å². The molecule has 0 bridgehead atoms. The molecule has 1 heterocycles. The molecular weight excluding hydrogens is 308 g/mol. The van der Waals surface area contributed by atoms with Gasteiger partial charge in [-0.3, -0.25) is 0 Å². The Morgan fingerprint density at radius 3 is 2.69 bits per heavy atom. The number of benzene rings is 1. The molecule has 0 saturated carbocycles. The first-order chi connectivity index (χ1) is 7.70. The summed E-state index contributed by atoms with van der Waals surface area (Å²) < 4.78 is 1.62. The molecule has 0 spiro atoms. The van der Waals surface area contributed by atoms with Crippen molar-refractivity contribution in [3.05, 3.63) is 38.8 Å². The zero-order valence-corrected chi connectivity index (χ0v) is 11.2. The number of thiazole rings is 1. The maximum absolute atomic E-state index is 8.61. The quantitative estimate of drug-likeness (QED) is 0.829. The molecule has 2 rings (SSSR count). The molecule has 16 heavy (non-hydrogen) atoms. The van der Waals surface area contributed by atoms with Crippen molar-refractivity contribution in [3.8, 4) is 16.6 Å². The van der Waals surface area contributed by atoms with Crippen molar-refractivity contribution in [2.24, 2.45) is 0 Å². The minimum absolute atomic E-state index is 0.256. The summed E-state index contributed by atoms with van der Waals surface area (Å²) in [6.07, 6.45) is 0.256. The van der Waals surface area contributed by atoms with Gasteiger partial charge in [0, 0.05) is 10.0 Å². The lowest BCUT2D eigenvalue weighted by Crippen LogP contribution is -1.82. The first kappa shape index (κ1) is 11.6. The standard InChI is InChI=1S/C11H6BrClN2S/c12-8-3-1-7(2-4-8)11-15-9(5-6-14)10(13)16-11/h1-4H,5H2. The maximum Gasteiger partial charge on any atom is 0.125 e. The molecule has 0 amide bonds. The molecule has 0 saturated heterocycles. The van der Waals surface area contributed by atoms with Crippen LogP contribution >= 0.6 is 38.9 Å². The van der Waals surface area contributed by atoms with Gasteiger partial charge in [-0.1, -0.05) is 39.7 Å². The Morgan fingerprint density at radius 1 is 1.38 bits per heavy atom. The second-order valence-corrected chi connectivity index (χ2v) is 5.60. The fourth-order valence-corrected chi connectivity index (χ4v) is 2.64. The van der Waals surface area contributed by atoms with Gasteiger partial charge in [-0.2, -0.15) is 5.26 Å². The van der Waals surface area contributed by atoms with E-state index in [1.54, 1.807) is 0 Å². The molecule has 2 nitrogen and oxygen atoms in total. The Bertz CT molecular complexity index is 542. The van der Waals surface area contributed by atoms with E-state index in [0.717, 1.165) is 15.0 Å². The summed E-state index contributed by atoms with van der Waals surface area (Å²) >= 11 is 10.8. The fourth-order valence-electron chi connectivity index (χ4n) is 1.23. The predicted octanol–water partition coefficient (Wildman–Crippen LogP) is 4.29. The Labute approximate surface area is 111 Å². The molecule has 0 atom stereocenters. The predicted molar refractivity (Wildman–Crippen MR) is 69.6 cm³/mol. The Balaban J connectivity index is 2.38. The average molecular weight is 314 g/mol. The van der Waals surface area contributed by atoms with Gasteiger partial charge < -0.3 is 0 Å². The molecule has 1 aromatic carbocycles. The third-order valence-electron chi connectivity index (χ3n) is 1.99. The van der Waals surface area contributed by atoms with E-state index in [9.17, 15) is 0 Å². The largest absolute Gasteiger partial charge is 0.238 e. The lowest BCUT2D eigenvalue weighted by Gasteiger charge is -1.95. The van der Waals surface area contributed by atoms with E-state index in [1.807, 2.05) is 24.3 Å². The first-order valence-electron chi connectivity index (χ1n) is 4.49. The van der Waals surface area contributed by atoms with Crippen LogP contribution in [0.3, 0.4) is 0 Å². The summed E-state index contributed by atoms with van der Waals surface area (Å²) in [5.41, 5.74) is 1.67. The van der Waals surface area contributed by atoms with Crippen LogP contribution in [0.1, 0.15) is 5.69 Å². The molecule has 0 aliphatic carbocycles. The number of aromatic nitrogens is 1. The summed E-state index contributed by atoms with van der Waals surface area (Å²) in [7, 11) is 0. The van der Waals surface area contributed by atoms with Crippen molar-refractivity contribution < 1.29 is 0 Å². The van der Waals surface area contributed by atoms with Crippen LogP contribution in [0, 0.1) is 11.3 Å². The highest BCUT2D eigenvalue weighted by Crippen LogP contribution is 2.32. The summed E-state index contributed by atoms with van der Waals surface area (Å²) in [6.45, 7) is 0. The van der Waals surface area contributed by atoms with Gasteiger partial charge in [-0.05, 0) is 12.1 Å². The van der Waals surface area contributed by atoms with Crippen LogP contribution in [0.5, 0.6) is 0 Å². The summed E-state index contributed by atoms with van der Waals surface area (Å²) in [5, 5.41) is 9.46. The number of nitriles is 1. The molecule has 0 unspecified atom stereocenters. The van der Waals surface area contributed by atoms with Crippen molar-refractivity contribution in [1.82, 2.24) is 4.98 Å². The van der Waals surface area contributed by atoms with Gasteiger partial charge in [-0.15, -0.1) is 11.3 Å². The first-order valence-corrected chi connectivity index (χ1v) is 6.47. The lowest BCUT2D eigenvalue weighted by molar-refractivity contribution is 1.16. The fraction of sp³-hybridized carbons (Fsp3) is 0.0909. The molecular formula is C11H6BrClN2S. The third kappa shape index (κ3) is 2.43. The number of nitrogens with zero attached hydrogens (tertiary/aromatic N) is 2. The maximum atomic E-state index is 8.61. The minimum Gasteiger partial charge on any atom is -0.238 e. The Morgan fingerprint density at radius 2 is 2.06 bits per heavy atom. The molecule has 0 aliphatic heterocycles. The van der Waals surface area contributed by atoms with Crippen LogP contribution in [0.15, 0.2) is 28.7 Å². The van der Waals surface area contributed by atoms with Crippen LogP contribution in [0.2, 0.25) is 4.34 Å². The van der Waals surface area contributed by atoms with Gasteiger partial charge in [0.25, 0.3) is 0 Å². The van der Waals surface area contributed by atoms with Crippen LogP contribution in [0.25, 0.3) is 10.6 Å². The van der Waals surface area contributed by atoms with E-state index in [0.29, 0.717) is 10.0 Å². The number of hydrogen-bond acceptors (Lipinski definition) is 3. The van der Waals surface area contributed by atoms with Crippen molar-refractivity contribution in [1.29, 1.82) is 5.26 Å². The zero-order valence-electron chi connectivity index (χ0n) is 8.08. The average Bonchev–Trinajstić information content (AvgIpc) is 2.62. The van der Waals surface area contributed by atoms with Crippen LogP contribution < -0.4 is 0 Å². The summed E-state index contributed by atoms with van der Waals surface area (Å²) in [4.78, 5) is 4.35. The molecule has 0 N–H and O–H groups in total. The van der Waals surface area contributed by atoms with E-state index in [2.05, 4.69) is 27.0 Å². The van der Waals surface area contributed by atoms with Crippen LogP contribution in [-0.2, 0) is 6.42 Å². The Kier molecular flexibility index (Phi) is 3.59. The third-order valence-corrected chi connectivity index (χ3v) is 3.90. The van der Waals surface area contributed by atoms with Gasteiger partial charge in [0.1, 0.15) is 9.34 Å². The highest BCUT2D eigenvalue weighted by atomic mass is 79.9. The van der Waals surface area contributed by atoms with Crippen LogP contribution in [0.4, 0.5) is 0 Å². The van der Waals surface area contributed by atoms with Crippen molar-refractivity contribution in [3.63, 3.8) is 0 Å². The molecule has 5 heteroatoms.